The topological polar surface area (TPSA) is 51.1 Å². The lowest BCUT2D eigenvalue weighted by Gasteiger charge is -2.06. The first-order chi connectivity index (χ1) is 11.2. The van der Waals surface area contributed by atoms with Crippen LogP contribution in [0.4, 0.5) is 0 Å². The van der Waals surface area contributed by atoms with Gasteiger partial charge < -0.3 is 5.32 Å². The molecule has 0 aliphatic carbocycles. The quantitative estimate of drug-likeness (QED) is 0.669. The van der Waals surface area contributed by atoms with Gasteiger partial charge in [-0.05, 0) is 18.6 Å². The monoisotopic (exact) mass is 334 g/mol. The molecule has 0 fully saturated rings. The van der Waals surface area contributed by atoms with Gasteiger partial charge in [0.25, 0.3) is 0 Å². The Kier molecular flexibility index (Phi) is 7.33. The van der Waals surface area contributed by atoms with E-state index in [1.807, 2.05) is 24.3 Å². The second kappa shape index (κ2) is 9.50. The Morgan fingerprint density at radius 3 is 2.70 bits per heavy atom. The third-order valence-electron chi connectivity index (χ3n) is 3.99. The van der Waals surface area contributed by atoms with Crippen LogP contribution in [0.3, 0.4) is 0 Å². The number of benzene rings is 1. The van der Waals surface area contributed by atoms with Gasteiger partial charge in [0.05, 0.1) is 10.2 Å². The average molecular weight is 334 g/mol. The van der Waals surface area contributed by atoms with Gasteiger partial charge in [-0.1, -0.05) is 62.5 Å². The number of hydrogen-bond donors (Lipinski definition) is 1. The molecule has 2 rings (SSSR count). The van der Waals surface area contributed by atoms with E-state index in [4.69, 9.17) is 0 Å². The van der Waals surface area contributed by atoms with E-state index >= 15 is 0 Å². The number of para-hydroxylation sites is 1. The third-order valence-corrected chi connectivity index (χ3v) is 4.95. The Hall–Kier alpha value is -1.62. The molecule has 1 amide bonds. The van der Waals surface area contributed by atoms with Crippen LogP contribution in [0.5, 0.6) is 0 Å². The molecule has 0 saturated heterocycles. The maximum Gasteiger partial charge on any atom is 0.308 e. The number of nitrogens with one attached hydrogen (secondary N) is 1. The Morgan fingerprint density at radius 2 is 1.87 bits per heavy atom. The summed E-state index contributed by atoms with van der Waals surface area (Å²) in [4.78, 5) is 23.9. The average Bonchev–Trinajstić information content (AvgIpc) is 2.87. The highest BCUT2D eigenvalue weighted by Gasteiger charge is 2.08. The molecule has 1 aromatic carbocycles. The van der Waals surface area contributed by atoms with Crippen molar-refractivity contribution in [2.45, 2.75) is 58.4 Å². The first-order valence-electron chi connectivity index (χ1n) is 8.57. The number of amides is 1. The van der Waals surface area contributed by atoms with Crippen molar-refractivity contribution in [2.75, 3.05) is 6.54 Å². The number of unbranched alkanes of at least 4 members (excludes halogenated alkanes) is 5. The molecule has 0 unspecified atom stereocenters. The molecule has 0 aliphatic rings. The first kappa shape index (κ1) is 17.7. The van der Waals surface area contributed by atoms with E-state index in [9.17, 15) is 9.59 Å². The highest BCUT2D eigenvalue weighted by Crippen LogP contribution is 2.16. The number of rotatable bonds is 10. The summed E-state index contributed by atoms with van der Waals surface area (Å²) in [6.45, 7) is 3.40. The molecular formula is C18H26N2O2S. The minimum absolute atomic E-state index is 0.00919. The lowest BCUT2D eigenvalue weighted by Crippen LogP contribution is -2.26. The van der Waals surface area contributed by atoms with E-state index in [-0.39, 0.29) is 10.8 Å². The van der Waals surface area contributed by atoms with Crippen molar-refractivity contribution in [2.24, 2.45) is 0 Å². The highest BCUT2D eigenvalue weighted by molar-refractivity contribution is 7.16. The van der Waals surface area contributed by atoms with Crippen LogP contribution in [0.1, 0.15) is 51.9 Å². The molecular weight excluding hydrogens is 308 g/mol. The summed E-state index contributed by atoms with van der Waals surface area (Å²) in [5.41, 5.74) is 0.922. The predicted molar refractivity (Wildman–Crippen MR) is 97.1 cm³/mol. The molecule has 5 heteroatoms. The molecule has 2 aromatic rings. The van der Waals surface area contributed by atoms with Gasteiger partial charge in [0.15, 0.2) is 0 Å². The van der Waals surface area contributed by atoms with Gasteiger partial charge >= 0.3 is 4.87 Å². The number of nitrogens with zero attached hydrogens (tertiary/aromatic N) is 1. The molecule has 1 heterocycles. The van der Waals surface area contributed by atoms with Crippen LogP contribution in [0, 0.1) is 0 Å². The second-order valence-electron chi connectivity index (χ2n) is 5.86. The van der Waals surface area contributed by atoms with Crippen LogP contribution in [0.15, 0.2) is 29.1 Å². The SMILES string of the molecule is CCCCCCCCNC(=O)CCn1c(=O)sc2ccccc21. The zero-order chi connectivity index (χ0) is 16.5. The van der Waals surface area contributed by atoms with Crippen molar-refractivity contribution in [1.29, 1.82) is 0 Å². The van der Waals surface area contributed by atoms with Gasteiger partial charge in [0, 0.05) is 19.5 Å². The molecule has 0 bridgehead atoms. The van der Waals surface area contributed by atoms with E-state index < -0.39 is 0 Å². The van der Waals surface area contributed by atoms with Gasteiger partial charge in [-0.3, -0.25) is 14.2 Å². The Balaban J connectivity index is 1.70. The normalized spacial score (nSPS) is 11.0. The van der Waals surface area contributed by atoms with Crippen molar-refractivity contribution in [3.63, 3.8) is 0 Å². The van der Waals surface area contributed by atoms with Crippen LogP contribution in [-0.4, -0.2) is 17.0 Å². The first-order valence-corrected chi connectivity index (χ1v) is 9.39. The van der Waals surface area contributed by atoms with Crippen LogP contribution in [-0.2, 0) is 11.3 Å². The molecule has 1 N–H and O–H groups in total. The molecule has 4 nitrogen and oxygen atoms in total. The maximum absolute atomic E-state index is 12.0. The minimum Gasteiger partial charge on any atom is -0.356 e. The summed E-state index contributed by atoms with van der Waals surface area (Å²) in [5, 5.41) is 2.95. The second-order valence-corrected chi connectivity index (χ2v) is 6.85. The molecule has 0 spiro atoms. The zero-order valence-corrected chi connectivity index (χ0v) is 14.7. The molecule has 23 heavy (non-hydrogen) atoms. The smallest absolute Gasteiger partial charge is 0.308 e. The summed E-state index contributed by atoms with van der Waals surface area (Å²) < 4.78 is 2.68. The van der Waals surface area contributed by atoms with E-state index in [0.717, 1.165) is 23.2 Å². The van der Waals surface area contributed by atoms with Crippen LogP contribution in [0.2, 0.25) is 0 Å². The number of aryl methyl sites for hydroxylation is 1. The number of carbonyl (C=O) groups is 1. The van der Waals surface area contributed by atoms with E-state index in [1.54, 1.807) is 4.57 Å². The molecule has 0 aliphatic heterocycles. The Morgan fingerprint density at radius 1 is 1.13 bits per heavy atom. The summed E-state index contributed by atoms with van der Waals surface area (Å²) in [5.74, 6) is 0.0285. The van der Waals surface area contributed by atoms with Crippen molar-refractivity contribution in [3.05, 3.63) is 33.9 Å². The fourth-order valence-corrected chi connectivity index (χ4v) is 3.58. The molecule has 126 valence electrons. The van der Waals surface area contributed by atoms with E-state index in [0.29, 0.717) is 13.0 Å². The predicted octanol–water partition coefficient (Wildman–Crippen LogP) is 3.93. The standard InChI is InChI=1S/C18H26N2O2S/c1-2-3-4-5-6-9-13-19-17(21)12-14-20-15-10-7-8-11-16(15)23-18(20)22/h7-8,10-11H,2-6,9,12-14H2,1H3,(H,19,21). The number of aromatic nitrogens is 1. The van der Waals surface area contributed by atoms with Gasteiger partial charge in [0.2, 0.25) is 5.91 Å². The lowest BCUT2D eigenvalue weighted by atomic mass is 10.1. The Labute approximate surface area is 141 Å². The number of carbonyl (C=O) groups excluding carboxylic acids is 1. The minimum atomic E-state index is 0.00919. The number of fused-ring (bicyclic) bond motifs is 1. The fraction of sp³-hybridized carbons (Fsp3) is 0.556. The number of hydrogen-bond acceptors (Lipinski definition) is 3. The molecule has 0 radical (unpaired) electrons. The largest absolute Gasteiger partial charge is 0.356 e. The summed E-state index contributed by atoms with van der Waals surface area (Å²) in [7, 11) is 0. The summed E-state index contributed by atoms with van der Waals surface area (Å²) in [6.07, 6.45) is 7.67. The van der Waals surface area contributed by atoms with Gasteiger partial charge in [-0.25, -0.2) is 0 Å². The van der Waals surface area contributed by atoms with Gasteiger partial charge in [-0.15, -0.1) is 0 Å². The van der Waals surface area contributed by atoms with E-state index in [2.05, 4.69) is 12.2 Å². The summed E-state index contributed by atoms with van der Waals surface area (Å²) in [6, 6.07) is 7.72. The van der Waals surface area contributed by atoms with Crippen LogP contribution >= 0.6 is 11.3 Å². The van der Waals surface area contributed by atoms with Crippen LogP contribution in [0.25, 0.3) is 10.2 Å². The van der Waals surface area contributed by atoms with Crippen LogP contribution < -0.4 is 10.2 Å². The van der Waals surface area contributed by atoms with Crippen molar-refractivity contribution in [3.8, 4) is 0 Å². The summed E-state index contributed by atoms with van der Waals surface area (Å²) >= 11 is 1.24. The van der Waals surface area contributed by atoms with Crippen molar-refractivity contribution < 1.29 is 4.79 Å². The Bertz CT molecular complexity index is 675. The van der Waals surface area contributed by atoms with Crippen molar-refractivity contribution in [1.82, 2.24) is 9.88 Å². The number of thiazole rings is 1. The van der Waals surface area contributed by atoms with Gasteiger partial charge in [-0.2, -0.15) is 0 Å². The zero-order valence-electron chi connectivity index (χ0n) is 13.8. The maximum atomic E-state index is 12.0. The molecule has 0 atom stereocenters. The van der Waals surface area contributed by atoms with Gasteiger partial charge in [0.1, 0.15) is 0 Å². The molecule has 1 aromatic heterocycles. The fourth-order valence-electron chi connectivity index (χ4n) is 2.66. The highest BCUT2D eigenvalue weighted by atomic mass is 32.1. The lowest BCUT2D eigenvalue weighted by molar-refractivity contribution is -0.121. The van der Waals surface area contributed by atoms with Crippen molar-refractivity contribution >= 4 is 27.5 Å². The van der Waals surface area contributed by atoms with E-state index in [1.165, 1.54) is 43.4 Å². The third kappa shape index (κ3) is 5.50. The molecule has 0 saturated carbocycles.